The molecule has 2 rings (SSSR count). The van der Waals surface area contributed by atoms with Crippen molar-refractivity contribution in [2.24, 2.45) is 0 Å². The Morgan fingerprint density at radius 2 is 1.67 bits per heavy atom. The number of halogens is 1. The summed E-state index contributed by atoms with van der Waals surface area (Å²) in [6.07, 6.45) is 2.90. The summed E-state index contributed by atoms with van der Waals surface area (Å²) in [5.41, 5.74) is 3.42. The molecule has 0 bridgehead atoms. The van der Waals surface area contributed by atoms with Crippen molar-refractivity contribution >= 4 is 27.7 Å². The van der Waals surface area contributed by atoms with Crippen LogP contribution >= 0.6 is 15.9 Å². The van der Waals surface area contributed by atoms with E-state index in [9.17, 15) is 9.59 Å². The second kappa shape index (κ2) is 11.9. The van der Waals surface area contributed by atoms with Crippen molar-refractivity contribution in [2.75, 3.05) is 0 Å². The maximum atomic E-state index is 13.2. The Morgan fingerprint density at radius 3 is 2.27 bits per heavy atom. The number of nitrogens with zero attached hydrogens (tertiary/aromatic N) is 1. The van der Waals surface area contributed by atoms with E-state index in [-0.39, 0.29) is 17.9 Å². The second-order valence-electron chi connectivity index (χ2n) is 7.82. The number of benzene rings is 2. The van der Waals surface area contributed by atoms with E-state index in [1.165, 1.54) is 5.56 Å². The number of hydrogen-bond donors (Lipinski definition) is 1. The van der Waals surface area contributed by atoms with E-state index in [0.717, 1.165) is 28.4 Å². The van der Waals surface area contributed by atoms with Gasteiger partial charge in [0.2, 0.25) is 11.8 Å². The summed E-state index contributed by atoms with van der Waals surface area (Å²) in [5, 5.41) is 3.01. The van der Waals surface area contributed by atoms with Gasteiger partial charge in [-0.05, 0) is 61.9 Å². The summed E-state index contributed by atoms with van der Waals surface area (Å²) in [6, 6.07) is 15.8. The zero-order valence-electron chi connectivity index (χ0n) is 18.5. The summed E-state index contributed by atoms with van der Waals surface area (Å²) in [5.74, 6) is -0.124. The van der Waals surface area contributed by atoms with Crippen LogP contribution in [-0.2, 0) is 29.0 Å². The highest BCUT2D eigenvalue weighted by Crippen LogP contribution is 2.17. The Labute approximate surface area is 189 Å². The summed E-state index contributed by atoms with van der Waals surface area (Å²) < 4.78 is 0.958. The maximum absolute atomic E-state index is 13.2. The number of aryl methyl sites for hydroxylation is 2. The molecule has 0 heterocycles. The number of carbonyl (C=O) groups excluding carboxylic acids is 2. The van der Waals surface area contributed by atoms with Gasteiger partial charge in [0.15, 0.2) is 0 Å². The molecule has 2 amide bonds. The first-order valence-corrected chi connectivity index (χ1v) is 11.5. The average Bonchev–Trinajstić information content (AvgIpc) is 2.75. The lowest BCUT2D eigenvalue weighted by atomic mass is 10.0. The van der Waals surface area contributed by atoms with Gasteiger partial charge < -0.3 is 10.2 Å². The standard InChI is InChI=1S/C25H33BrN2O2/c1-5-18(3)27-25(30)19(4)28(17-22-8-7-9-23(26)16-22)24(29)15-14-21-12-10-20(6-2)11-13-21/h7-13,16,18-19H,5-6,14-15,17H2,1-4H3,(H,27,30)/t18-,19-/m1/s1. The molecular formula is C25H33BrN2O2. The first-order chi connectivity index (χ1) is 14.3. The van der Waals surface area contributed by atoms with Crippen LogP contribution in [-0.4, -0.2) is 28.8 Å². The molecule has 2 atom stereocenters. The van der Waals surface area contributed by atoms with Crippen LogP contribution in [0.1, 0.15) is 57.2 Å². The normalized spacial score (nSPS) is 12.8. The predicted octanol–water partition coefficient (Wildman–Crippen LogP) is 5.28. The van der Waals surface area contributed by atoms with Gasteiger partial charge in [-0.3, -0.25) is 9.59 Å². The fourth-order valence-electron chi connectivity index (χ4n) is 3.22. The highest BCUT2D eigenvalue weighted by atomic mass is 79.9. The van der Waals surface area contributed by atoms with Crippen molar-refractivity contribution in [1.82, 2.24) is 10.2 Å². The Morgan fingerprint density at radius 1 is 1.00 bits per heavy atom. The second-order valence-corrected chi connectivity index (χ2v) is 8.73. The van der Waals surface area contributed by atoms with Crippen molar-refractivity contribution in [2.45, 2.75) is 72.0 Å². The Balaban J connectivity index is 2.13. The first-order valence-electron chi connectivity index (χ1n) is 10.8. The van der Waals surface area contributed by atoms with E-state index in [1.807, 2.05) is 45.0 Å². The molecule has 0 aliphatic rings. The van der Waals surface area contributed by atoms with Gasteiger partial charge in [0.25, 0.3) is 0 Å². The molecule has 0 aliphatic heterocycles. The third kappa shape index (κ3) is 7.28. The molecule has 0 spiro atoms. The fraction of sp³-hybridized carbons (Fsp3) is 0.440. The smallest absolute Gasteiger partial charge is 0.242 e. The molecule has 2 aromatic carbocycles. The maximum Gasteiger partial charge on any atom is 0.242 e. The van der Waals surface area contributed by atoms with Crippen LogP contribution in [0.15, 0.2) is 53.0 Å². The molecular weight excluding hydrogens is 440 g/mol. The molecule has 0 unspecified atom stereocenters. The van der Waals surface area contributed by atoms with Crippen LogP contribution in [0.2, 0.25) is 0 Å². The topological polar surface area (TPSA) is 49.4 Å². The van der Waals surface area contributed by atoms with Gasteiger partial charge in [0, 0.05) is 23.5 Å². The van der Waals surface area contributed by atoms with E-state index in [2.05, 4.69) is 52.4 Å². The van der Waals surface area contributed by atoms with Crippen molar-refractivity contribution in [1.29, 1.82) is 0 Å². The molecule has 0 saturated carbocycles. The molecule has 0 fully saturated rings. The minimum atomic E-state index is -0.534. The predicted molar refractivity (Wildman–Crippen MR) is 126 cm³/mol. The molecule has 162 valence electrons. The number of nitrogens with one attached hydrogen (secondary N) is 1. The SMILES string of the molecule is CCc1ccc(CCC(=O)N(Cc2cccc(Br)c2)[C@H](C)C(=O)N[C@H](C)CC)cc1. The summed E-state index contributed by atoms with van der Waals surface area (Å²) in [4.78, 5) is 27.6. The van der Waals surface area contributed by atoms with Crippen molar-refractivity contribution < 1.29 is 9.59 Å². The van der Waals surface area contributed by atoms with Crippen molar-refractivity contribution in [3.63, 3.8) is 0 Å². The molecule has 4 nitrogen and oxygen atoms in total. The largest absolute Gasteiger partial charge is 0.352 e. The molecule has 30 heavy (non-hydrogen) atoms. The van der Waals surface area contributed by atoms with Gasteiger partial charge in [-0.1, -0.05) is 66.2 Å². The Bertz CT molecular complexity index is 835. The summed E-state index contributed by atoms with van der Waals surface area (Å²) >= 11 is 3.49. The van der Waals surface area contributed by atoms with Gasteiger partial charge >= 0.3 is 0 Å². The minimum Gasteiger partial charge on any atom is -0.352 e. The number of amides is 2. The fourth-order valence-corrected chi connectivity index (χ4v) is 3.66. The van der Waals surface area contributed by atoms with Crippen LogP contribution in [0.3, 0.4) is 0 Å². The molecule has 0 radical (unpaired) electrons. The molecule has 5 heteroatoms. The van der Waals surface area contributed by atoms with Crippen LogP contribution < -0.4 is 5.32 Å². The van der Waals surface area contributed by atoms with Crippen LogP contribution in [0.4, 0.5) is 0 Å². The number of carbonyl (C=O) groups is 2. The summed E-state index contributed by atoms with van der Waals surface area (Å²) in [6.45, 7) is 8.35. The molecule has 0 aliphatic carbocycles. The summed E-state index contributed by atoms with van der Waals surface area (Å²) in [7, 11) is 0. The van der Waals surface area contributed by atoms with E-state index < -0.39 is 6.04 Å². The van der Waals surface area contributed by atoms with Gasteiger partial charge in [0.05, 0.1) is 0 Å². The first kappa shape index (κ1) is 24.1. The van der Waals surface area contributed by atoms with Gasteiger partial charge in [-0.25, -0.2) is 0 Å². The van der Waals surface area contributed by atoms with E-state index in [0.29, 0.717) is 19.4 Å². The third-order valence-corrected chi connectivity index (χ3v) is 5.96. The molecule has 2 aromatic rings. The lowest BCUT2D eigenvalue weighted by Gasteiger charge is -2.30. The highest BCUT2D eigenvalue weighted by Gasteiger charge is 2.26. The van der Waals surface area contributed by atoms with Crippen molar-refractivity contribution in [3.8, 4) is 0 Å². The number of rotatable bonds is 10. The van der Waals surface area contributed by atoms with Gasteiger partial charge in [0.1, 0.15) is 6.04 Å². The Hall–Kier alpha value is -2.14. The van der Waals surface area contributed by atoms with Gasteiger partial charge in [-0.15, -0.1) is 0 Å². The monoisotopic (exact) mass is 472 g/mol. The van der Waals surface area contributed by atoms with E-state index in [1.54, 1.807) is 4.90 Å². The van der Waals surface area contributed by atoms with Crippen LogP contribution in [0.25, 0.3) is 0 Å². The highest BCUT2D eigenvalue weighted by molar-refractivity contribution is 9.10. The van der Waals surface area contributed by atoms with E-state index >= 15 is 0 Å². The number of hydrogen-bond acceptors (Lipinski definition) is 2. The quantitative estimate of drug-likeness (QED) is 0.511. The zero-order valence-corrected chi connectivity index (χ0v) is 20.0. The van der Waals surface area contributed by atoms with Crippen LogP contribution in [0, 0.1) is 0 Å². The lowest BCUT2D eigenvalue weighted by Crippen LogP contribution is -2.49. The van der Waals surface area contributed by atoms with E-state index in [4.69, 9.17) is 0 Å². The molecule has 0 aromatic heterocycles. The lowest BCUT2D eigenvalue weighted by molar-refractivity contribution is -0.140. The molecule has 0 saturated heterocycles. The molecule has 1 N–H and O–H groups in total. The zero-order chi connectivity index (χ0) is 22.1. The average molecular weight is 473 g/mol. The van der Waals surface area contributed by atoms with Crippen molar-refractivity contribution in [3.05, 3.63) is 69.7 Å². The Kier molecular flexibility index (Phi) is 9.57. The van der Waals surface area contributed by atoms with Crippen LogP contribution in [0.5, 0.6) is 0 Å². The minimum absolute atomic E-state index is 0.0126. The van der Waals surface area contributed by atoms with Gasteiger partial charge in [-0.2, -0.15) is 0 Å². The third-order valence-electron chi connectivity index (χ3n) is 5.47.